The number of nitrogens with one attached hydrogen (secondary N) is 2. The number of hydrogen-bond donors (Lipinski definition) is 2. The third-order valence-corrected chi connectivity index (χ3v) is 4.12. The summed E-state index contributed by atoms with van der Waals surface area (Å²) < 4.78 is 0. The fourth-order valence-corrected chi connectivity index (χ4v) is 2.90. The van der Waals surface area contributed by atoms with Crippen molar-refractivity contribution in [1.82, 2.24) is 10.6 Å². The van der Waals surface area contributed by atoms with E-state index in [0.717, 1.165) is 25.7 Å². The second-order valence-corrected chi connectivity index (χ2v) is 5.95. The number of rotatable bonds is 5. The lowest BCUT2D eigenvalue weighted by atomic mass is 9.95. The molecule has 3 unspecified atom stereocenters. The van der Waals surface area contributed by atoms with Gasteiger partial charge in [-0.3, -0.25) is 4.79 Å². The van der Waals surface area contributed by atoms with Crippen LogP contribution in [0.25, 0.3) is 0 Å². The molecule has 0 spiro atoms. The fourth-order valence-electron chi connectivity index (χ4n) is 2.90. The molecule has 1 aromatic rings. The molecule has 2 rings (SSSR count). The molecule has 0 saturated carbocycles. The molecule has 1 heterocycles. The molecule has 2 N–H and O–H groups in total. The minimum atomic E-state index is 0.189. The molecule has 0 aromatic heterocycles. The third kappa shape index (κ3) is 4.64. The lowest BCUT2D eigenvalue weighted by Crippen LogP contribution is -2.54. The van der Waals surface area contributed by atoms with E-state index in [2.05, 4.69) is 36.6 Å². The van der Waals surface area contributed by atoms with Crippen molar-refractivity contribution in [2.24, 2.45) is 0 Å². The van der Waals surface area contributed by atoms with Crippen LogP contribution in [0.1, 0.15) is 45.1 Å². The van der Waals surface area contributed by atoms with E-state index >= 15 is 0 Å². The summed E-state index contributed by atoms with van der Waals surface area (Å²) >= 11 is 0. The average Bonchev–Trinajstić information content (AvgIpc) is 2.43. The summed E-state index contributed by atoms with van der Waals surface area (Å²) in [6.07, 6.45) is 4.73. The Bertz CT molecular complexity index is 418. The Morgan fingerprint density at radius 3 is 2.70 bits per heavy atom. The maximum atomic E-state index is 12.0. The van der Waals surface area contributed by atoms with Crippen LogP contribution < -0.4 is 10.6 Å². The molecule has 1 amide bonds. The van der Waals surface area contributed by atoms with E-state index in [4.69, 9.17) is 0 Å². The Labute approximate surface area is 122 Å². The van der Waals surface area contributed by atoms with Crippen LogP contribution in [0.2, 0.25) is 0 Å². The average molecular weight is 274 g/mol. The van der Waals surface area contributed by atoms with Crippen LogP contribution in [-0.2, 0) is 11.2 Å². The van der Waals surface area contributed by atoms with Crippen LogP contribution in [0.4, 0.5) is 0 Å². The van der Waals surface area contributed by atoms with Gasteiger partial charge in [-0.15, -0.1) is 0 Å². The van der Waals surface area contributed by atoms with Crippen molar-refractivity contribution in [1.29, 1.82) is 0 Å². The number of aryl methyl sites for hydroxylation is 1. The monoisotopic (exact) mass is 274 g/mol. The van der Waals surface area contributed by atoms with Crippen LogP contribution in [-0.4, -0.2) is 24.0 Å². The minimum absolute atomic E-state index is 0.189. The summed E-state index contributed by atoms with van der Waals surface area (Å²) in [5.74, 6) is 0.189. The van der Waals surface area contributed by atoms with Gasteiger partial charge < -0.3 is 10.6 Å². The van der Waals surface area contributed by atoms with Crippen molar-refractivity contribution in [2.45, 2.75) is 64.1 Å². The fraction of sp³-hybridized carbons (Fsp3) is 0.588. The molecule has 1 fully saturated rings. The number of carbonyl (C=O) groups is 1. The zero-order chi connectivity index (χ0) is 14.4. The topological polar surface area (TPSA) is 41.1 Å². The van der Waals surface area contributed by atoms with Crippen molar-refractivity contribution in [3.63, 3.8) is 0 Å². The Morgan fingerprint density at radius 2 is 2.00 bits per heavy atom. The summed E-state index contributed by atoms with van der Waals surface area (Å²) in [4.78, 5) is 12.0. The highest BCUT2D eigenvalue weighted by molar-refractivity contribution is 5.76. The first-order valence-electron chi connectivity index (χ1n) is 7.74. The van der Waals surface area contributed by atoms with E-state index in [1.165, 1.54) is 5.56 Å². The molecule has 0 bridgehead atoms. The maximum Gasteiger partial charge on any atom is 0.220 e. The maximum absolute atomic E-state index is 12.0. The molecule has 3 heteroatoms. The van der Waals surface area contributed by atoms with Crippen molar-refractivity contribution in [3.05, 3.63) is 35.9 Å². The largest absolute Gasteiger partial charge is 0.352 e. The Balaban J connectivity index is 1.68. The number of carbonyl (C=O) groups excluding carboxylic acids is 1. The predicted molar refractivity (Wildman–Crippen MR) is 82.6 cm³/mol. The highest BCUT2D eigenvalue weighted by Gasteiger charge is 2.25. The van der Waals surface area contributed by atoms with Gasteiger partial charge in [-0.2, -0.15) is 0 Å². The van der Waals surface area contributed by atoms with Gasteiger partial charge in [0.15, 0.2) is 0 Å². The standard InChI is InChI=1S/C17H26N2O/c1-13-11-12-16(14(2)18-13)19-17(20)10-6-9-15-7-4-3-5-8-15/h3-5,7-8,13-14,16,18H,6,9-12H2,1-2H3,(H,19,20). The predicted octanol–water partition coefficient (Wildman–Crippen LogP) is 2.65. The van der Waals surface area contributed by atoms with Gasteiger partial charge >= 0.3 is 0 Å². The van der Waals surface area contributed by atoms with Crippen molar-refractivity contribution >= 4 is 5.91 Å². The van der Waals surface area contributed by atoms with Gasteiger partial charge in [-0.25, -0.2) is 0 Å². The Hall–Kier alpha value is -1.35. The van der Waals surface area contributed by atoms with Crippen LogP contribution in [0.5, 0.6) is 0 Å². The first-order chi connectivity index (χ1) is 9.65. The van der Waals surface area contributed by atoms with Crippen molar-refractivity contribution < 1.29 is 4.79 Å². The summed E-state index contributed by atoms with van der Waals surface area (Å²) in [6.45, 7) is 4.36. The van der Waals surface area contributed by atoms with E-state index in [0.29, 0.717) is 18.5 Å². The molecule has 110 valence electrons. The van der Waals surface area contributed by atoms with Gasteiger partial charge in [-0.05, 0) is 45.1 Å². The molecule has 3 atom stereocenters. The quantitative estimate of drug-likeness (QED) is 0.866. The first-order valence-corrected chi connectivity index (χ1v) is 7.74. The van der Waals surface area contributed by atoms with Gasteiger partial charge in [0.25, 0.3) is 0 Å². The van der Waals surface area contributed by atoms with Crippen LogP contribution in [0.15, 0.2) is 30.3 Å². The summed E-state index contributed by atoms with van der Waals surface area (Å²) in [7, 11) is 0. The molecule has 0 radical (unpaired) electrons. The molecule has 1 aliphatic heterocycles. The second-order valence-electron chi connectivity index (χ2n) is 5.95. The highest BCUT2D eigenvalue weighted by Crippen LogP contribution is 2.13. The number of amides is 1. The van der Waals surface area contributed by atoms with Gasteiger partial charge in [0.05, 0.1) is 0 Å². The zero-order valence-corrected chi connectivity index (χ0v) is 12.6. The van der Waals surface area contributed by atoms with Crippen LogP contribution in [0, 0.1) is 0 Å². The summed E-state index contributed by atoms with van der Waals surface area (Å²) in [5.41, 5.74) is 1.31. The highest BCUT2D eigenvalue weighted by atomic mass is 16.1. The van der Waals surface area contributed by atoms with Crippen LogP contribution in [0.3, 0.4) is 0 Å². The number of benzene rings is 1. The van der Waals surface area contributed by atoms with Gasteiger partial charge in [0, 0.05) is 24.5 Å². The molecule has 1 saturated heterocycles. The van der Waals surface area contributed by atoms with E-state index in [1.54, 1.807) is 0 Å². The van der Waals surface area contributed by atoms with Gasteiger partial charge in [0.1, 0.15) is 0 Å². The normalized spacial score (nSPS) is 26.2. The smallest absolute Gasteiger partial charge is 0.220 e. The Morgan fingerprint density at radius 1 is 1.25 bits per heavy atom. The lowest BCUT2D eigenvalue weighted by Gasteiger charge is -2.34. The van der Waals surface area contributed by atoms with Crippen molar-refractivity contribution in [2.75, 3.05) is 0 Å². The zero-order valence-electron chi connectivity index (χ0n) is 12.6. The van der Waals surface area contributed by atoms with E-state index < -0.39 is 0 Å². The molecule has 3 nitrogen and oxygen atoms in total. The molecule has 0 aliphatic carbocycles. The van der Waals surface area contributed by atoms with Gasteiger partial charge in [0.2, 0.25) is 5.91 Å². The Kier molecular flexibility index (Phi) is 5.60. The van der Waals surface area contributed by atoms with Crippen LogP contribution >= 0.6 is 0 Å². The number of hydrogen-bond acceptors (Lipinski definition) is 2. The molecular weight excluding hydrogens is 248 g/mol. The van der Waals surface area contributed by atoms with E-state index in [9.17, 15) is 4.79 Å². The van der Waals surface area contributed by atoms with Crippen molar-refractivity contribution in [3.8, 4) is 0 Å². The third-order valence-electron chi connectivity index (χ3n) is 4.12. The van der Waals surface area contributed by atoms with Gasteiger partial charge in [-0.1, -0.05) is 30.3 Å². The molecule has 1 aliphatic rings. The lowest BCUT2D eigenvalue weighted by molar-refractivity contribution is -0.122. The summed E-state index contributed by atoms with van der Waals surface area (Å²) in [5, 5.41) is 6.68. The SMILES string of the molecule is CC1CCC(NC(=O)CCCc2ccccc2)C(C)N1. The summed E-state index contributed by atoms with van der Waals surface area (Å²) in [6, 6.07) is 11.6. The first kappa shape index (κ1) is 15.0. The molecular formula is C17H26N2O. The van der Waals surface area contributed by atoms with E-state index in [1.807, 2.05) is 18.2 Å². The molecule has 20 heavy (non-hydrogen) atoms. The number of piperidine rings is 1. The van der Waals surface area contributed by atoms with E-state index in [-0.39, 0.29) is 11.9 Å². The minimum Gasteiger partial charge on any atom is -0.352 e. The second kappa shape index (κ2) is 7.44. The molecule has 1 aromatic carbocycles.